The molecule has 1 aromatic carbocycles. The van der Waals surface area contributed by atoms with Crippen molar-refractivity contribution in [3.63, 3.8) is 0 Å². The number of likely N-dealkylation sites (tertiary alicyclic amines) is 1. The molecule has 5 nitrogen and oxygen atoms in total. The number of nitrogens with zero attached hydrogens (tertiary/aromatic N) is 4. The Hall–Kier alpha value is -2.14. The molecule has 1 saturated heterocycles. The molecular weight excluding hydrogens is 288 g/mol. The molecule has 1 aliphatic carbocycles. The van der Waals surface area contributed by atoms with Crippen LogP contribution in [0.25, 0.3) is 0 Å². The molecule has 2 fully saturated rings. The quantitative estimate of drug-likeness (QED) is 0.819. The highest BCUT2D eigenvalue weighted by Crippen LogP contribution is 2.29. The van der Waals surface area contributed by atoms with Crippen LogP contribution in [0.5, 0.6) is 0 Å². The van der Waals surface area contributed by atoms with Crippen molar-refractivity contribution < 1.29 is 4.79 Å². The second-order valence-corrected chi connectivity index (χ2v) is 6.57. The minimum absolute atomic E-state index is 0.260. The summed E-state index contributed by atoms with van der Waals surface area (Å²) in [6, 6.07) is 13.1. The van der Waals surface area contributed by atoms with Gasteiger partial charge in [0.1, 0.15) is 0 Å². The van der Waals surface area contributed by atoms with Gasteiger partial charge in [-0.25, -0.2) is 0 Å². The van der Waals surface area contributed by atoms with Crippen LogP contribution in [-0.2, 0) is 11.3 Å². The van der Waals surface area contributed by atoms with E-state index < -0.39 is 0 Å². The molecule has 0 atom stereocenters. The SMILES string of the molecule is O=C(CN1CC(n2cccn2)C1)N(Cc1ccccc1)C1CC1. The van der Waals surface area contributed by atoms with Crippen molar-refractivity contribution in [2.75, 3.05) is 19.6 Å². The van der Waals surface area contributed by atoms with Gasteiger partial charge < -0.3 is 4.90 Å². The number of hydrogen-bond donors (Lipinski definition) is 0. The van der Waals surface area contributed by atoms with Crippen molar-refractivity contribution in [3.05, 3.63) is 54.4 Å². The van der Waals surface area contributed by atoms with Gasteiger partial charge in [-0.1, -0.05) is 30.3 Å². The minimum Gasteiger partial charge on any atom is -0.334 e. The first kappa shape index (κ1) is 14.5. The Balaban J connectivity index is 1.32. The minimum atomic E-state index is 0.260. The van der Waals surface area contributed by atoms with Crippen LogP contribution < -0.4 is 0 Å². The van der Waals surface area contributed by atoms with Gasteiger partial charge in [-0.2, -0.15) is 5.10 Å². The molecule has 0 N–H and O–H groups in total. The molecule has 0 spiro atoms. The third kappa shape index (κ3) is 3.29. The normalized spacial score (nSPS) is 18.6. The fraction of sp³-hybridized carbons (Fsp3) is 0.444. The van der Waals surface area contributed by atoms with E-state index in [9.17, 15) is 4.79 Å². The number of hydrogen-bond acceptors (Lipinski definition) is 3. The molecule has 1 aliphatic heterocycles. The van der Waals surface area contributed by atoms with Crippen LogP contribution in [0.2, 0.25) is 0 Å². The average molecular weight is 310 g/mol. The third-order valence-corrected chi connectivity index (χ3v) is 4.70. The molecule has 0 radical (unpaired) electrons. The summed E-state index contributed by atoms with van der Waals surface area (Å²) in [5, 5.41) is 4.28. The van der Waals surface area contributed by atoms with Crippen LogP contribution in [0.1, 0.15) is 24.4 Å². The highest BCUT2D eigenvalue weighted by atomic mass is 16.2. The average Bonchev–Trinajstić information content (AvgIpc) is 3.23. The highest BCUT2D eigenvalue weighted by molar-refractivity contribution is 5.79. The Morgan fingerprint density at radius 1 is 1.17 bits per heavy atom. The molecule has 23 heavy (non-hydrogen) atoms. The van der Waals surface area contributed by atoms with E-state index in [1.54, 1.807) is 0 Å². The zero-order valence-corrected chi connectivity index (χ0v) is 13.2. The van der Waals surface area contributed by atoms with E-state index in [0.29, 0.717) is 18.6 Å². The molecule has 0 unspecified atom stereocenters. The first-order valence-corrected chi connectivity index (χ1v) is 8.34. The first-order chi connectivity index (χ1) is 11.3. The molecule has 1 amide bonds. The van der Waals surface area contributed by atoms with Crippen LogP contribution >= 0.6 is 0 Å². The molecule has 1 aromatic heterocycles. The Labute approximate surface area is 136 Å². The summed E-state index contributed by atoms with van der Waals surface area (Å²) in [7, 11) is 0. The molecule has 2 heterocycles. The molecule has 2 aromatic rings. The van der Waals surface area contributed by atoms with E-state index in [-0.39, 0.29) is 5.91 Å². The monoisotopic (exact) mass is 310 g/mol. The second kappa shape index (κ2) is 6.16. The van der Waals surface area contributed by atoms with Gasteiger partial charge in [0.2, 0.25) is 5.91 Å². The highest BCUT2D eigenvalue weighted by Gasteiger charge is 2.36. The van der Waals surface area contributed by atoms with E-state index in [1.807, 2.05) is 41.3 Å². The Bertz CT molecular complexity index is 645. The summed E-state index contributed by atoms with van der Waals surface area (Å²) < 4.78 is 1.99. The zero-order chi connectivity index (χ0) is 15.6. The molecule has 2 aliphatic rings. The summed E-state index contributed by atoms with van der Waals surface area (Å²) in [4.78, 5) is 17.0. The van der Waals surface area contributed by atoms with Gasteiger partial charge in [0, 0.05) is 38.1 Å². The standard InChI is InChI=1S/C18H22N4O/c23-18(14-20-12-17(13-20)22-10-4-9-19-22)21(16-7-8-16)11-15-5-2-1-3-6-15/h1-6,9-10,16-17H,7-8,11-14H2. The van der Waals surface area contributed by atoms with E-state index in [4.69, 9.17) is 0 Å². The third-order valence-electron chi connectivity index (χ3n) is 4.70. The predicted molar refractivity (Wildman–Crippen MR) is 87.7 cm³/mol. The van der Waals surface area contributed by atoms with Crippen molar-refractivity contribution in [3.8, 4) is 0 Å². The molecule has 0 bridgehead atoms. The zero-order valence-electron chi connectivity index (χ0n) is 13.2. The number of rotatable bonds is 6. The molecule has 1 saturated carbocycles. The Morgan fingerprint density at radius 3 is 2.61 bits per heavy atom. The summed E-state index contributed by atoms with van der Waals surface area (Å²) in [5.74, 6) is 0.260. The molecule has 120 valence electrons. The first-order valence-electron chi connectivity index (χ1n) is 8.34. The van der Waals surface area contributed by atoms with E-state index in [0.717, 1.165) is 32.5 Å². The van der Waals surface area contributed by atoms with Gasteiger partial charge in [0.05, 0.1) is 12.6 Å². The molecule has 4 rings (SSSR count). The van der Waals surface area contributed by atoms with Crippen LogP contribution in [0.4, 0.5) is 0 Å². The van der Waals surface area contributed by atoms with E-state index in [2.05, 4.69) is 27.0 Å². The smallest absolute Gasteiger partial charge is 0.237 e. The van der Waals surface area contributed by atoms with Crippen molar-refractivity contribution in [1.82, 2.24) is 19.6 Å². The van der Waals surface area contributed by atoms with Crippen molar-refractivity contribution in [2.45, 2.75) is 31.5 Å². The van der Waals surface area contributed by atoms with E-state index in [1.165, 1.54) is 5.56 Å². The fourth-order valence-electron chi connectivity index (χ4n) is 3.20. The van der Waals surface area contributed by atoms with Crippen LogP contribution in [0.15, 0.2) is 48.8 Å². The van der Waals surface area contributed by atoms with Crippen molar-refractivity contribution in [1.29, 1.82) is 0 Å². The van der Waals surface area contributed by atoms with Gasteiger partial charge in [-0.3, -0.25) is 14.4 Å². The maximum Gasteiger partial charge on any atom is 0.237 e. The van der Waals surface area contributed by atoms with Gasteiger partial charge in [0.15, 0.2) is 0 Å². The lowest BCUT2D eigenvalue weighted by Gasteiger charge is -2.39. The molecule has 5 heteroatoms. The van der Waals surface area contributed by atoms with E-state index >= 15 is 0 Å². The number of carbonyl (C=O) groups is 1. The fourth-order valence-corrected chi connectivity index (χ4v) is 3.20. The number of benzene rings is 1. The topological polar surface area (TPSA) is 41.4 Å². The summed E-state index contributed by atoms with van der Waals surface area (Å²) in [5.41, 5.74) is 1.21. The second-order valence-electron chi connectivity index (χ2n) is 6.57. The summed E-state index contributed by atoms with van der Waals surface area (Å²) in [6.07, 6.45) is 6.10. The van der Waals surface area contributed by atoms with Gasteiger partial charge in [-0.15, -0.1) is 0 Å². The lowest BCUT2D eigenvalue weighted by molar-refractivity contribution is -0.135. The van der Waals surface area contributed by atoms with Gasteiger partial charge in [-0.05, 0) is 24.5 Å². The molecular formula is C18H22N4O. The Kier molecular flexibility index (Phi) is 3.87. The van der Waals surface area contributed by atoms with Gasteiger partial charge in [0.25, 0.3) is 0 Å². The largest absolute Gasteiger partial charge is 0.334 e. The lowest BCUT2D eigenvalue weighted by Crippen LogP contribution is -2.52. The number of aromatic nitrogens is 2. The number of carbonyl (C=O) groups excluding carboxylic acids is 1. The van der Waals surface area contributed by atoms with Crippen LogP contribution in [-0.4, -0.2) is 51.2 Å². The maximum absolute atomic E-state index is 12.7. The van der Waals surface area contributed by atoms with Crippen LogP contribution in [0.3, 0.4) is 0 Å². The Morgan fingerprint density at radius 2 is 1.96 bits per heavy atom. The van der Waals surface area contributed by atoms with Crippen molar-refractivity contribution in [2.24, 2.45) is 0 Å². The maximum atomic E-state index is 12.7. The summed E-state index contributed by atoms with van der Waals surface area (Å²) >= 11 is 0. The number of amides is 1. The predicted octanol–water partition coefficient (Wildman–Crippen LogP) is 1.93. The van der Waals surface area contributed by atoms with Crippen molar-refractivity contribution >= 4 is 5.91 Å². The van der Waals surface area contributed by atoms with Gasteiger partial charge >= 0.3 is 0 Å². The lowest BCUT2D eigenvalue weighted by atomic mass is 10.1. The summed E-state index contributed by atoms with van der Waals surface area (Å²) in [6.45, 7) is 3.09. The van der Waals surface area contributed by atoms with Crippen LogP contribution in [0, 0.1) is 0 Å².